The van der Waals surface area contributed by atoms with Gasteiger partial charge in [0.1, 0.15) is 5.75 Å². The van der Waals surface area contributed by atoms with Crippen LogP contribution in [-0.2, 0) is 0 Å². The molecule has 1 aromatic carbocycles. The molecule has 1 aromatic heterocycles. The van der Waals surface area contributed by atoms with Gasteiger partial charge in [-0.05, 0) is 42.5 Å². The second-order valence-electron chi connectivity index (χ2n) is 7.11. The van der Waals surface area contributed by atoms with E-state index in [-0.39, 0.29) is 18.2 Å². The van der Waals surface area contributed by atoms with Crippen LogP contribution in [-0.4, -0.2) is 27.9 Å². The van der Waals surface area contributed by atoms with E-state index in [1.165, 1.54) is 25.5 Å². The van der Waals surface area contributed by atoms with Crippen molar-refractivity contribution in [1.82, 2.24) is 14.7 Å². The SMILES string of the molecule is N/N=C(/c1cncc(-c2cccc(OC(=O)NCC3CCCCC3)c2)c1)N(N)SF. The first-order valence-electron chi connectivity index (χ1n) is 9.73. The molecule has 0 spiro atoms. The molecular weight excluding hydrogens is 407 g/mol. The van der Waals surface area contributed by atoms with E-state index < -0.39 is 6.09 Å². The quantitative estimate of drug-likeness (QED) is 0.209. The number of ether oxygens (including phenoxy) is 1. The molecular formula is C20H25FN6O2S. The van der Waals surface area contributed by atoms with E-state index in [0.717, 1.165) is 18.4 Å². The summed E-state index contributed by atoms with van der Waals surface area (Å²) in [5.41, 5.74) is 1.91. The zero-order valence-electron chi connectivity index (χ0n) is 16.5. The number of hydrazone groups is 1. The van der Waals surface area contributed by atoms with Crippen LogP contribution in [0.5, 0.6) is 5.75 Å². The lowest BCUT2D eigenvalue weighted by Gasteiger charge is -2.21. The summed E-state index contributed by atoms with van der Waals surface area (Å²) in [5, 5.41) is 6.37. The third-order valence-electron chi connectivity index (χ3n) is 5.04. The molecule has 1 fully saturated rings. The second kappa shape index (κ2) is 10.8. The maximum atomic E-state index is 12.8. The van der Waals surface area contributed by atoms with Crippen LogP contribution in [0.4, 0.5) is 8.68 Å². The first kappa shape index (κ1) is 21.8. The molecule has 1 aliphatic rings. The Bertz CT molecular complexity index is 891. The fourth-order valence-electron chi connectivity index (χ4n) is 3.51. The number of pyridine rings is 1. The Morgan fingerprint density at radius 2 is 2.07 bits per heavy atom. The summed E-state index contributed by atoms with van der Waals surface area (Å²) in [7, 11) is 0. The van der Waals surface area contributed by atoms with Gasteiger partial charge in [-0.25, -0.2) is 15.1 Å². The number of carbonyl (C=O) groups is 1. The normalized spacial score (nSPS) is 14.9. The van der Waals surface area contributed by atoms with Crippen molar-refractivity contribution >= 4 is 24.3 Å². The van der Waals surface area contributed by atoms with Gasteiger partial charge in [0.25, 0.3) is 0 Å². The number of carbonyl (C=O) groups excluding carboxylic acids is 1. The van der Waals surface area contributed by atoms with E-state index in [1.807, 2.05) is 6.07 Å². The zero-order valence-corrected chi connectivity index (χ0v) is 17.3. The summed E-state index contributed by atoms with van der Waals surface area (Å²) in [4.78, 5) is 16.3. The van der Waals surface area contributed by atoms with Crippen LogP contribution in [0, 0.1) is 5.92 Å². The topological polar surface area (TPSA) is 119 Å². The van der Waals surface area contributed by atoms with E-state index in [4.69, 9.17) is 16.4 Å². The highest BCUT2D eigenvalue weighted by Crippen LogP contribution is 2.25. The Hall–Kier alpha value is -2.85. The highest BCUT2D eigenvalue weighted by molar-refractivity contribution is 7.92. The highest BCUT2D eigenvalue weighted by atomic mass is 32.2. The van der Waals surface area contributed by atoms with E-state index in [0.29, 0.717) is 33.8 Å². The molecule has 8 nitrogen and oxygen atoms in total. The van der Waals surface area contributed by atoms with Crippen LogP contribution in [0.1, 0.15) is 37.7 Å². The van der Waals surface area contributed by atoms with Gasteiger partial charge in [0, 0.05) is 30.1 Å². The molecule has 160 valence electrons. The molecule has 30 heavy (non-hydrogen) atoms. The Kier molecular flexibility index (Phi) is 7.86. The number of benzene rings is 1. The number of nitrogens with zero attached hydrogens (tertiary/aromatic N) is 3. The van der Waals surface area contributed by atoms with Crippen LogP contribution in [0.25, 0.3) is 11.1 Å². The number of hydrogen-bond donors (Lipinski definition) is 3. The van der Waals surface area contributed by atoms with Crippen molar-refractivity contribution in [2.24, 2.45) is 22.7 Å². The molecule has 0 bridgehead atoms. The standard InChI is InChI=1S/C20H25FN6O2S/c21-30-27(23)19(26-22)17-9-16(12-24-13-17)15-7-4-8-18(10-15)29-20(28)25-11-14-5-2-1-3-6-14/h4,7-10,12-14H,1-3,5-6,11,22-23H2,(H,25,28)/b26-19-. The number of halogens is 1. The van der Waals surface area contributed by atoms with Crippen molar-refractivity contribution in [1.29, 1.82) is 0 Å². The molecule has 2 aromatic rings. The predicted octanol–water partition coefficient (Wildman–Crippen LogP) is 3.75. The fourth-order valence-corrected chi connectivity index (χ4v) is 3.73. The number of rotatable bonds is 6. The average Bonchev–Trinajstić information content (AvgIpc) is 2.79. The Morgan fingerprint density at radius 1 is 1.27 bits per heavy atom. The number of amidine groups is 1. The van der Waals surface area contributed by atoms with Gasteiger partial charge in [0.15, 0.2) is 18.2 Å². The van der Waals surface area contributed by atoms with Gasteiger partial charge in [-0.3, -0.25) is 4.98 Å². The molecule has 1 amide bonds. The molecule has 0 radical (unpaired) electrons. The summed E-state index contributed by atoms with van der Waals surface area (Å²) in [6, 6.07) is 8.77. The number of hydrazine groups is 1. The molecule has 0 aliphatic heterocycles. The number of nitrogens with one attached hydrogen (secondary N) is 1. The van der Waals surface area contributed by atoms with E-state index in [9.17, 15) is 8.68 Å². The molecule has 0 unspecified atom stereocenters. The molecule has 1 heterocycles. The lowest BCUT2D eigenvalue weighted by Crippen LogP contribution is -2.32. The first-order valence-corrected chi connectivity index (χ1v) is 10.4. The maximum absolute atomic E-state index is 12.8. The summed E-state index contributed by atoms with van der Waals surface area (Å²) in [5.74, 6) is 11.8. The highest BCUT2D eigenvalue weighted by Gasteiger charge is 2.16. The first-order chi connectivity index (χ1) is 14.6. The molecule has 3 rings (SSSR count). The molecule has 5 N–H and O–H groups in total. The van der Waals surface area contributed by atoms with Crippen molar-refractivity contribution in [2.75, 3.05) is 6.54 Å². The number of hydrogen-bond acceptors (Lipinski definition) is 7. The molecule has 1 aliphatic carbocycles. The third kappa shape index (κ3) is 5.83. The van der Waals surface area contributed by atoms with Crippen LogP contribution in [0.2, 0.25) is 0 Å². The van der Waals surface area contributed by atoms with Gasteiger partial charge in [-0.15, -0.1) is 3.89 Å². The summed E-state index contributed by atoms with van der Waals surface area (Å²) >= 11 is -0.214. The van der Waals surface area contributed by atoms with Crippen molar-refractivity contribution in [2.45, 2.75) is 32.1 Å². The van der Waals surface area contributed by atoms with E-state index in [2.05, 4.69) is 15.4 Å². The largest absolute Gasteiger partial charge is 0.412 e. The van der Waals surface area contributed by atoms with Crippen molar-refractivity contribution in [3.8, 4) is 16.9 Å². The monoisotopic (exact) mass is 432 g/mol. The van der Waals surface area contributed by atoms with Crippen molar-refractivity contribution in [3.63, 3.8) is 0 Å². The van der Waals surface area contributed by atoms with Gasteiger partial charge in [0.05, 0.1) is 0 Å². The zero-order chi connectivity index (χ0) is 21.3. The summed E-state index contributed by atoms with van der Waals surface area (Å²) < 4.78 is 18.9. The summed E-state index contributed by atoms with van der Waals surface area (Å²) in [6.07, 6.45) is 8.65. The minimum absolute atomic E-state index is 0.0337. The van der Waals surface area contributed by atoms with E-state index >= 15 is 0 Å². The average molecular weight is 433 g/mol. The number of nitrogens with two attached hydrogens (primary N) is 2. The van der Waals surface area contributed by atoms with Crippen LogP contribution >= 0.6 is 12.3 Å². The van der Waals surface area contributed by atoms with E-state index in [1.54, 1.807) is 30.5 Å². The maximum Gasteiger partial charge on any atom is 0.412 e. The predicted molar refractivity (Wildman–Crippen MR) is 116 cm³/mol. The van der Waals surface area contributed by atoms with Crippen molar-refractivity contribution in [3.05, 3.63) is 48.3 Å². The summed E-state index contributed by atoms with van der Waals surface area (Å²) in [6.45, 7) is 0.633. The van der Waals surface area contributed by atoms with Crippen molar-refractivity contribution < 1.29 is 13.4 Å². The van der Waals surface area contributed by atoms with Crippen LogP contribution < -0.4 is 21.7 Å². The Labute approximate surface area is 179 Å². The van der Waals surface area contributed by atoms with Gasteiger partial charge in [0.2, 0.25) is 0 Å². The Balaban J connectivity index is 1.67. The van der Waals surface area contributed by atoms with Gasteiger partial charge < -0.3 is 15.9 Å². The van der Waals surface area contributed by atoms with Gasteiger partial charge >= 0.3 is 6.09 Å². The molecule has 1 saturated carbocycles. The van der Waals surface area contributed by atoms with Gasteiger partial charge in [-0.2, -0.15) is 5.10 Å². The fraction of sp³-hybridized carbons (Fsp3) is 0.350. The van der Waals surface area contributed by atoms with Crippen LogP contribution in [0.3, 0.4) is 0 Å². The third-order valence-corrected chi connectivity index (χ3v) is 5.36. The van der Waals surface area contributed by atoms with Crippen LogP contribution in [0.15, 0.2) is 47.8 Å². The lowest BCUT2D eigenvalue weighted by molar-refractivity contribution is 0.196. The number of amides is 1. The van der Waals surface area contributed by atoms with Gasteiger partial charge in [-0.1, -0.05) is 31.4 Å². The Morgan fingerprint density at radius 3 is 2.80 bits per heavy atom. The second-order valence-corrected chi connectivity index (χ2v) is 7.64. The molecule has 0 atom stereocenters. The minimum atomic E-state index is -0.471. The minimum Gasteiger partial charge on any atom is -0.410 e. The molecule has 0 saturated heterocycles. The smallest absolute Gasteiger partial charge is 0.410 e. The lowest BCUT2D eigenvalue weighted by atomic mass is 9.89. The number of aromatic nitrogens is 1. The molecule has 10 heteroatoms.